The van der Waals surface area contributed by atoms with Crippen molar-refractivity contribution in [3.05, 3.63) is 30.3 Å². The molecule has 0 aliphatic carbocycles. The molecule has 1 aromatic rings. The van der Waals surface area contributed by atoms with E-state index in [2.05, 4.69) is 15.1 Å². The Morgan fingerprint density at radius 3 is 1.95 bits per heavy atom. The molecular weight excluding hydrogens is 260 g/mol. The predicted octanol–water partition coefficient (Wildman–Crippen LogP) is -1.80. The second-order valence-corrected chi connectivity index (χ2v) is 3.50. The number of rotatable bonds is 2. The van der Waals surface area contributed by atoms with Gasteiger partial charge < -0.3 is 28.7 Å². The van der Waals surface area contributed by atoms with Crippen molar-refractivity contribution >= 4 is 29.5 Å². The van der Waals surface area contributed by atoms with Crippen LogP contribution in [0, 0.1) is 5.41 Å². The first-order valence-electron chi connectivity index (χ1n) is 5.37. The quantitative estimate of drug-likeness (QED) is 0.209. The third-order valence-corrected chi connectivity index (χ3v) is 1.88. The summed E-state index contributed by atoms with van der Waals surface area (Å²) in [7, 11) is 0. The van der Waals surface area contributed by atoms with E-state index in [4.69, 9.17) is 34.1 Å². The monoisotopic (exact) mass is 276 g/mol. The Hall–Kier alpha value is -3.30. The van der Waals surface area contributed by atoms with Crippen molar-refractivity contribution in [1.29, 1.82) is 5.41 Å². The molecule has 0 bridgehead atoms. The number of nitrogens with zero attached hydrogens (tertiary/aromatic N) is 4. The van der Waals surface area contributed by atoms with E-state index in [0.29, 0.717) is 5.69 Å². The van der Waals surface area contributed by atoms with Crippen LogP contribution in [-0.2, 0) is 0 Å². The minimum absolute atomic E-state index is 0.246. The number of hydrogen-bond donors (Lipinski definition) is 6. The summed E-state index contributed by atoms with van der Waals surface area (Å²) >= 11 is 0. The van der Waals surface area contributed by atoms with Crippen LogP contribution in [0.4, 0.5) is 5.69 Å². The molecule has 0 spiro atoms. The second-order valence-electron chi connectivity index (χ2n) is 3.50. The van der Waals surface area contributed by atoms with Gasteiger partial charge in [-0.15, -0.1) is 5.10 Å². The van der Waals surface area contributed by atoms with Crippen LogP contribution in [0.1, 0.15) is 0 Å². The Kier molecular flexibility index (Phi) is 4.86. The summed E-state index contributed by atoms with van der Waals surface area (Å²) in [6, 6.07) is 8.66. The SMILES string of the molecule is N=C(N=C(N)N)N(N=C(N)N=C(N)N)c1ccccc1. The number of nitrogens with one attached hydrogen (secondary N) is 1. The summed E-state index contributed by atoms with van der Waals surface area (Å²) < 4.78 is 0. The van der Waals surface area contributed by atoms with E-state index in [1.807, 2.05) is 0 Å². The molecule has 10 heteroatoms. The predicted molar refractivity (Wildman–Crippen MR) is 79.9 cm³/mol. The van der Waals surface area contributed by atoms with Crippen LogP contribution < -0.4 is 33.7 Å². The fourth-order valence-electron chi connectivity index (χ4n) is 1.22. The van der Waals surface area contributed by atoms with Gasteiger partial charge in [0.15, 0.2) is 11.9 Å². The molecule has 0 radical (unpaired) electrons. The average Bonchev–Trinajstić information content (AvgIpc) is 2.35. The summed E-state index contributed by atoms with van der Waals surface area (Å²) in [6.07, 6.45) is 0. The van der Waals surface area contributed by atoms with Crippen LogP contribution in [0.2, 0.25) is 0 Å². The molecule has 1 rings (SSSR count). The number of anilines is 1. The van der Waals surface area contributed by atoms with E-state index in [9.17, 15) is 0 Å². The zero-order valence-corrected chi connectivity index (χ0v) is 10.6. The van der Waals surface area contributed by atoms with Crippen molar-refractivity contribution in [2.45, 2.75) is 0 Å². The van der Waals surface area contributed by atoms with E-state index < -0.39 is 0 Å². The lowest BCUT2D eigenvalue weighted by Gasteiger charge is -2.16. The second kappa shape index (κ2) is 6.58. The molecular formula is C10H16N10. The molecule has 0 aliphatic rings. The Balaban J connectivity index is 3.19. The molecule has 0 aliphatic heterocycles. The molecule has 1 aromatic carbocycles. The fourth-order valence-corrected chi connectivity index (χ4v) is 1.22. The highest BCUT2D eigenvalue weighted by Gasteiger charge is 2.11. The van der Waals surface area contributed by atoms with Gasteiger partial charge in [-0.1, -0.05) is 18.2 Å². The van der Waals surface area contributed by atoms with Crippen LogP contribution in [-0.4, -0.2) is 23.8 Å². The highest BCUT2D eigenvalue weighted by molar-refractivity contribution is 6.02. The molecule has 0 unspecified atom stereocenters. The van der Waals surface area contributed by atoms with Gasteiger partial charge in [0.1, 0.15) is 0 Å². The molecule has 0 fully saturated rings. The maximum Gasteiger partial charge on any atom is 0.246 e. The van der Waals surface area contributed by atoms with Gasteiger partial charge in [0.25, 0.3) is 0 Å². The number of nitrogens with two attached hydrogens (primary N) is 5. The zero-order valence-electron chi connectivity index (χ0n) is 10.6. The first-order valence-corrected chi connectivity index (χ1v) is 5.37. The summed E-state index contributed by atoms with van der Waals surface area (Å²) in [4.78, 5) is 7.15. The number of para-hydroxylation sites is 1. The molecule has 0 heterocycles. The van der Waals surface area contributed by atoms with E-state index in [-0.39, 0.29) is 23.8 Å². The standard InChI is InChI=1S/C10H16N10/c11-7(12)17-9(15)19-20(10(16)18-8(13)14)6-4-2-1-3-5-6/h1-5H,(H5,13,14,16,18)(H6,11,12,15,17,19). The first kappa shape index (κ1) is 14.8. The minimum Gasteiger partial charge on any atom is -0.370 e. The van der Waals surface area contributed by atoms with Gasteiger partial charge in [-0.2, -0.15) is 15.0 Å². The number of guanidine groups is 4. The van der Waals surface area contributed by atoms with E-state index in [1.54, 1.807) is 30.3 Å². The summed E-state index contributed by atoms with van der Waals surface area (Å²) in [5.74, 6) is -1.13. The normalized spacial score (nSPS) is 10.5. The average molecular weight is 276 g/mol. The Morgan fingerprint density at radius 2 is 1.45 bits per heavy atom. The van der Waals surface area contributed by atoms with Gasteiger partial charge >= 0.3 is 0 Å². The topological polar surface area (TPSA) is 194 Å². The molecule has 0 atom stereocenters. The first-order chi connectivity index (χ1) is 9.40. The molecule has 0 saturated heterocycles. The van der Waals surface area contributed by atoms with Gasteiger partial charge in [0, 0.05) is 0 Å². The number of benzene rings is 1. The molecule has 0 saturated carbocycles. The van der Waals surface area contributed by atoms with Gasteiger partial charge in [-0.3, -0.25) is 5.41 Å². The highest BCUT2D eigenvalue weighted by atomic mass is 15.5. The van der Waals surface area contributed by atoms with Crippen LogP contribution in [0.5, 0.6) is 0 Å². The number of hydrazone groups is 1. The summed E-state index contributed by atoms with van der Waals surface area (Å²) in [6.45, 7) is 0. The molecule has 10 nitrogen and oxygen atoms in total. The van der Waals surface area contributed by atoms with Crippen molar-refractivity contribution in [2.24, 2.45) is 43.8 Å². The van der Waals surface area contributed by atoms with Gasteiger partial charge in [-0.05, 0) is 12.1 Å². The Labute approximate surface area is 115 Å². The molecule has 0 aromatic heterocycles. The van der Waals surface area contributed by atoms with Crippen LogP contribution in [0.25, 0.3) is 0 Å². The van der Waals surface area contributed by atoms with E-state index in [1.165, 1.54) is 0 Å². The third-order valence-electron chi connectivity index (χ3n) is 1.88. The lowest BCUT2D eigenvalue weighted by molar-refractivity contribution is 1.07. The van der Waals surface area contributed by atoms with E-state index >= 15 is 0 Å². The molecule has 106 valence electrons. The fraction of sp³-hybridized carbons (Fsp3) is 0. The lowest BCUT2D eigenvalue weighted by atomic mass is 10.3. The van der Waals surface area contributed by atoms with Gasteiger partial charge in [-0.25, -0.2) is 0 Å². The van der Waals surface area contributed by atoms with Gasteiger partial charge in [0.2, 0.25) is 11.9 Å². The van der Waals surface area contributed by atoms with Crippen molar-refractivity contribution in [2.75, 3.05) is 5.01 Å². The Morgan fingerprint density at radius 1 is 0.900 bits per heavy atom. The molecule has 11 N–H and O–H groups in total. The Bertz CT molecular complexity index is 551. The van der Waals surface area contributed by atoms with Crippen molar-refractivity contribution < 1.29 is 0 Å². The molecule has 20 heavy (non-hydrogen) atoms. The zero-order chi connectivity index (χ0) is 15.1. The molecule has 0 amide bonds. The van der Waals surface area contributed by atoms with Crippen molar-refractivity contribution in [1.82, 2.24) is 0 Å². The van der Waals surface area contributed by atoms with Crippen LogP contribution in [0.15, 0.2) is 45.4 Å². The summed E-state index contributed by atoms with van der Waals surface area (Å²) in [5, 5.41) is 12.8. The summed E-state index contributed by atoms with van der Waals surface area (Å²) in [5.41, 5.74) is 26.9. The maximum absolute atomic E-state index is 7.79. The van der Waals surface area contributed by atoms with Crippen molar-refractivity contribution in [3.8, 4) is 0 Å². The van der Waals surface area contributed by atoms with Crippen LogP contribution in [0.3, 0.4) is 0 Å². The van der Waals surface area contributed by atoms with Gasteiger partial charge in [0.05, 0.1) is 5.69 Å². The third kappa shape index (κ3) is 4.52. The number of aliphatic imine (C=N–C) groups is 2. The largest absolute Gasteiger partial charge is 0.370 e. The van der Waals surface area contributed by atoms with Crippen LogP contribution >= 0.6 is 0 Å². The lowest BCUT2D eigenvalue weighted by Crippen LogP contribution is -2.33. The van der Waals surface area contributed by atoms with Crippen molar-refractivity contribution in [3.63, 3.8) is 0 Å². The smallest absolute Gasteiger partial charge is 0.246 e. The maximum atomic E-state index is 7.79. The van der Waals surface area contributed by atoms with E-state index in [0.717, 1.165) is 5.01 Å². The number of hydrogen-bond acceptors (Lipinski definition) is 2. The highest BCUT2D eigenvalue weighted by Crippen LogP contribution is 2.14. The minimum atomic E-state index is -0.343.